The molecule has 2 aromatic carbocycles. The van der Waals surface area contributed by atoms with Crippen molar-refractivity contribution in [3.05, 3.63) is 65.7 Å². The molecule has 1 aliphatic heterocycles. The Kier molecular flexibility index (Phi) is 6.58. The molecule has 1 amide bonds. The minimum atomic E-state index is -4.30. The maximum absolute atomic E-state index is 13.5. The first kappa shape index (κ1) is 24.1. The highest BCUT2D eigenvalue weighted by atomic mass is 32.2. The largest absolute Gasteiger partial charge is 0.474 e. The van der Waals surface area contributed by atoms with E-state index in [0.717, 1.165) is 5.56 Å². The van der Waals surface area contributed by atoms with E-state index in [1.807, 2.05) is 12.1 Å². The molecule has 0 radical (unpaired) electrons. The van der Waals surface area contributed by atoms with Gasteiger partial charge in [-0.15, -0.1) is 4.79 Å². The van der Waals surface area contributed by atoms with Gasteiger partial charge in [0, 0.05) is 5.69 Å². The Labute approximate surface area is 190 Å². The van der Waals surface area contributed by atoms with Gasteiger partial charge in [0.25, 0.3) is 9.84 Å². The lowest BCUT2D eigenvalue weighted by atomic mass is 10.1. The van der Waals surface area contributed by atoms with Crippen LogP contribution in [-0.2, 0) is 25.5 Å². The number of anilines is 1. The summed E-state index contributed by atoms with van der Waals surface area (Å²) in [4.78, 5) is 17.7. The van der Waals surface area contributed by atoms with Gasteiger partial charge in [-0.2, -0.15) is 0 Å². The number of hydrogen-bond donors (Lipinski definition) is 0. The molecular weight excluding hydrogens is 442 g/mol. The van der Waals surface area contributed by atoms with Crippen LogP contribution in [0.2, 0.25) is 18.1 Å². The van der Waals surface area contributed by atoms with Crippen molar-refractivity contribution >= 4 is 34.8 Å². The Bertz CT molecular complexity index is 1170. The molecule has 0 fully saturated rings. The third kappa shape index (κ3) is 4.47. The van der Waals surface area contributed by atoms with E-state index in [0.29, 0.717) is 12.1 Å². The number of carbonyl (C=O) groups excluding carboxylic acids is 1. The van der Waals surface area contributed by atoms with Gasteiger partial charge in [-0.1, -0.05) is 57.2 Å². The van der Waals surface area contributed by atoms with E-state index in [2.05, 4.69) is 38.7 Å². The SMILES string of the molecule is CC(C)(C)[Si](C)(C)OCC1Cc2ccccc2N1C(=O)C(=[N+]=[N-])S(=O)(=O)c1ccccc1. The molecule has 32 heavy (non-hydrogen) atoms. The second-order valence-corrected chi connectivity index (χ2v) is 16.1. The number of nitrogens with zero attached hydrogens (tertiary/aromatic N) is 3. The average Bonchev–Trinajstić information content (AvgIpc) is 3.11. The fourth-order valence-corrected chi connectivity index (χ4v) is 5.63. The molecular formula is C23H29N3O4SSi. The quantitative estimate of drug-likeness (QED) is 0.221. The van der Waals surface area contributed by atoms with Crippen LogP contribution in [-0.4, -0.2) is 45.1 Å². The summed E-state index contributed by atoms with van der Waals surface area (Å²) in [6.45, 7) is 10.9. The third-order valence-corrected chi connectivity index (χ3v) is 12.5. The van der Waals surface area contributed by atoms with Gasteiger partial charge in [0.1, 0.15) is 0 Å². The van der Waals surface area contributed by atoms with Crippen LogP contribution in [0.4, 0.5) is 5.69 Å². The number of sulfone groups is 1. The zero-order valence-electron chi connectivity index (χ0n) is 19.1. The van der Waals surface area contributed by atoms with Crippen molar-refractivity contribution < 1.29 is 22.4 Å². The van der Waals surface area contributed by atoms with Gasteiger partial charge >= 0.3 is 11.0 Å². The van der Waals surface area contributed by atoms with Gasteiger partial charge in [0.05, 0.1) is 17.5 Å². The van der Waals surface area contributed by atoms with Crippen LogP contribution in [0.5, 0.6) is 0 Å². The van der Waals surface area contributed by atoms with Gasteiger partial charge in [0.2, 0.25) is 0 Å². The predicted octanol–water partition coefficient (Wildman–Crippen LogP) is 4.07. The van der Waals surface area contributed by atoms with Crippen molar-refractivity contribution in [1.82, 2.24) is 0 Å². The number of hydrogen-bond acceptors (Lipinski definition) is 4. The Morgan fingerprint density at radius 1 is 1.12 bits per heavy atom. The van der Waals surface area contributed by atoms with Gasteiger partial charge in [-0.25, -0.2) is 8.42 Å². The molecule has 7 nitrogen and oxygen atoms in total. The number of amides is 1. The van der Waals surface area contributed by atoms with Crippen molar-refractivity contribution in [2.24, 2.45) is 0 Å². The third-order valence-electron chi connectivity index (χ3n) is 6.32. The molecule has 9 heteroatoms. The van der Waals surface area contributed by atoms with Crippen LogP contribution in [0.1, 0.15) is 26.3 Å². The van der Waals surface area contributed by atoms with E-state index in [9.17, 15) is 18.7 Å². The van der Waals surface area contributed by atoms with Crippen LogP contribution in [0.25, 0.3) is 5.53 Å². The highest BCUT2D eigenvalue weighted by molar-refractivity contribution is 8.08. The number of rotatable bonds is 4. The first-order valence-electron chi connectivity index (χ1n) is 10.5. The standard InChI is InChI=1S/C23H29N3O4SSi/c1-23(2,3)32(4,5)30-16-18-15-17-11-9-10-14-20(17)26(18)22(27)21(25-24)31(28,29)19-12-7-6-8-13-19/h6-14,18H,15-16H2,1-5H3. The second-order valence-electron chi connectivity index (χ2n) is 9.45. The Balaban J connectivity index is 1.98. The van der Waals surface area contributed by atoms with Crippen LogP contribution in [0.3, 0.4) is 0 Å². The molecule has 1 unspecified atom stereocenters. The molecule has 0 aromatic heterocycles. The first-order valence-corrected chi connectivity index (χ1v) is 14.9. The van der Waals surface area contributed by atoms with Crippen molar-refractivity contribution in [3.8, 4) is 0 Å². The van der Waals surface area contributed by atoms with Crippen LogP contribution < -0.4 is 4.90 Å². The molecule has 170 valence electrons. The van der Waals surface area contributed by atoms with E-state index >= 15 is 0 Å². The Morgan fingerprint density at radius 3 is 2.31 bits per heavy atom. The monoisotopic (exact) mass is 471 g/mol. The molecule has 0 aliphatic carbocycles. The zero-order valence-corrected chi connectivity index (χ0v) is 20.9. The Morgan fingerprint density at radius 2 is 1.72 bits per heavy atom. The number of carbonyl (C=O) groups is 1. The highest BCUT2D eigenvalue weighted by Crippen LogP contribution is 2.38. The van der Waals surface area contributed by atoms with Crippen molar-refractivity contribution in [2.45, 2.75) is 56.3 Å². The fourth-order valence-electron chi connectivity index (χ4n) is 3.42. The summed E-state index contributed by atoms with van der Waals surface area (Å²) in [6.07, 6.45) is 0.528. The summed E-state index contributed by atoms with van der Waals surface area (Å²) in [5.74, 6) is -0.870. The maximum Gasteiger partial charge on any atom is 0.474 e. The van der Waals surface area contributed by atoms with Crippen molar-refractivity contribution in [1.29, 1.82) is 0 Å². The summed E-state index contributed by atoms with van der Waals surface area (Å²) < 4.78 is 32.5. The van der Waals surface area contributed by atoms with Crippen LogP contribution in [0, 0.1) is 0 Å². The van der Waals surface area contributed by atoms with Crippen molar-refractivity contribution in [2.75, 3.05) is 11.5 Å². The molecule has 1 heterocycles. The summed E-state index contributed by atoms with van der Waals surface area (Å²) in [6, 6.07) is 14.4. The molecule has 2 aromatic rings. The fraction of sp³-hybridized carbons (Fsp3) is 0.391. The highest BCUT2D eigenvalue weighted by Gasteiger charge is 2.47. The lowest BCUT2D eigenvalue weighted by Crippen LogP contribution is -2.49. The molecule has 1 atom stereocenters. The molecule has 0 bridgehead atoms. The van der Waals surface area contributed by atoms with E-state index < -0.39 is 35.1 Å². The molecule has 0 spiro atoms. The lowest BCUT2D eigenvalue weighted by Gasteiger charge is -2.37. The van der Waals surface area contributed by atoms with Gasteiger partial charge in [-0.05, 0) is 48.3 Å². The average molecular weight is 472 g/mol. The maximum atomic E-state index is 13.5. The smallest absolute Gasteiger partial charge is 0.415 e. The van der Waals surface area contributed by atoms with E-state index in [1.165, 1.54) is 17.0 Å². The molecule has 0 N–H and O–H groups in total. The zero-order chi connectivity index (χ0) is 23.7. The summed E-state index contributed by atoms with van der Waals surface area (Å²) in [5, 5.41) is -0.917. The van der Waals surface area contributed by atoms with Gasteiger partial charge in [0.15, 0.2) is 8.32 Å². The van der Waals surface area contributed by atoms with Crippen LogP contribution >= 0.6 is 0 Å². The van der Waals surface area contributed by atoms with Crippen LogP contribution in [0.15, 0.2) is 59.5 Å². The number of benzene rings is 2. The first-order chi connectivity index (χ1) is 14.9. The van der Waals surface area contributed by atoms with Gasteiger partial charge in [-0.3, -0.25) is 9.69 Å². The summed E-state index contributed by atoms with van der Waals surface area (Å²) in [7, 11) is -6.40. The summed E-state index contributed by atoms with van der Waals surface area (Å²) in [5.41, 5.74) is 11.1. The second kappa shape index (κ2) is 8.75. The number of fused-ring (bicyclic) bond motifs is 1. The number of para-hydroxylation sites is 1. The normalized spacial score (nSPS) is 16.4. The topological polar surface area (TPSA) is 100 Å². The minimum absolute atomic E-state index is 0.0122. The molecule has 1 aliphatic rings. The van der Waals surface area contributed by atoms with E-state index in [1.54, 1.807) is 30.3 Å². The summed E-state index contributed by atoms with van der Waals surface area (Å²) >= 11 is 0. The lowest BCUT2D eigenvalue weighted by molar-refractivity contribution is -0.116. The minimum Gasteiger partial charge on any atom is -0.415 e. The van der Waals surface area contributed by atoms with E-state index in [4.69, 9.17) is 4.43 Å². The predicted molar refractivity (Wildman–Crippen MR) is 127 cm³/mol. The molecule has 0 saturated carbocycles. The van der Waals surface area contributed by atoms with Gasteiger partial charge < -0.3 is 9.96 Å². The molecule has 3 rings (SSSR count). The Hall–Kier alpha value is -2.58. The van der Waals surface area contributed by atoms with Crippen molar-refractivity contribution in [3.63, 3.8) is 0 Å². The molecule has 0 saturated heterocycles. The van der Waals surface area contributed by atoms with E-state index in [-0.39, 0.29) is 16.5 Å².